The number of aromatic nitrogens is 2. The Labute approximate surface area is 193 Å². The molecule has 1 aliphatic rings. The molecule has 1 saturated heterocycles. The molecule has 12 heteroatoms. The SMILES string of the molecule is Cc1sc2ncn(CC(=O)N3CCCCC3)c(=O)c2c1-c1cc(C(F)(F)F)cc(C(F)(F)F)c1. The lowest BCUT2D eigenvalue weighted by Crippen LogP contribution is -2.39. The second-order valence-electron chi connectivity index (χ2n) is 8.13. The molecule has 0 aliphatic carbocycles. The zero-order valence-electron chi connectivity index (χ0n) is 17.9. The highest BCUT2D eigenvalue weighted by Crippen LogP contribution is 2.42. The second kappa shape index (κ2) is 8.71. The molecular formula is C22H19F6N3O2S. The van der Waals surface area contributed by atoms with Crippen molar-refractivity contribution in [1.82, 2.24) is 14.5 Å². The fourth-order valence-electron chi connectivity index (χ4n) is 4.09. The number of piperidine rings is 1. The quantitative estimate of drug-likeness (QED) is 0.445. The van der Waals surface area contributed by atoms with E-state index in [1.165, 1.54) is 13.3 Å². The Hall–Kier alpha value is -2.89. The summed E-state index contributed by atoms with van der Waals surface area (Å²) in [5, 5.41) is -0.108. The summed E-state index contributed by atoms with van der Waals surface area (Å²) in [6.45, 7) is 2.32. The lowest BCUT2D eigenvalue weighted by molar-refractivity contribution is -0.143. The molecule has 182 valence electrons. The van der Waals surface area contributed by atoms with Crippen LogP contribution in [0.3, 0.4) is 0 Å². The van der Waals surface area contributed by atoms with Crippen LogP contribution in [0, 0.1) is 6.92 Å². The Bertz CT molecular complexity index is 1270. The molecule has 5 nitrogen and oxygen atoms in total. The Morgan fingerprint density at radius 2 is 1.59 bits per heavy atom. The lowest BCUT2D eigenvalue weighted by Gasteiger charge is -2.26. The van der Waals surface area contributed by atoms with Crippen molar-refractivity contribution >= 4 is 27.5 Å². The molecule has 0 unspecified atom stereocenters. The van der Waals surface area contributed by atoms with Gasteiger partial charge >= 0.3 is 12.4 Å². The van der Waals surface area contributed by atoms with E-state index in [4.69, 9.17) is 0 Å². The van der Waals surface area contributed by atoms with E-state index in [9.17, 15) is 35.9 Å². The number of benzene rings is 1. The first kappa shape index (κ1) is 24.2. The molecule has 1 aliphatic heterocycles. The van der Waals surface area contributed by atoms with E-state index < -0.39 is 29.0 Å². The average molecular weight is 503 g/mol. The van der Waals surface area contributed by atoms with Crippen LogP contribution in [0.1, 0.15) is 35.3 Å². The van der Waals surface area contributed by atoms with Crippen molar-refractivity contribution in [3.8, 4) is 11.1 Å². The van der Waals surface area contributed by atoms with Gasteiger partial charge in [0.1, 0.15) is 11.4 Å². The maximum Gasteiger partial charge on any atom is 0.416 e. The van der Waals surface area contributed by atoms with Crippen LogP contribution in [-0.2, 0) is 23.7 Å². The highest BCUT2D eigenvalue weighted by atomic mass is 32.1. The van der Waals surface area contributed by atoms with Gasteiger partial charge in [0.15, 0.2) is 0 Å². The maximum absolute atomic E-state index is 13.4. The van der Waals surface area contributed by atoms with E-state index in [-0.39, 0.29) is 39.9 Å². The first-order valence-electron chi connectivity index (χ1n) is 10.4. The average Bonchev–Trinajstić information content (AvgIpc) is 3.11. The third kappa shape index (κ3) is 4.68. The topological polar surface area (TPSA) is 55.2 Å². The van der Waals surface area contributed by atoms with Crippen LogP contribution in [0.4, 0.5) is 26.3 Å². The number of hydrogen-bond donors (Lipinski definition) is 0. The maximum atomic E-state index is 13.4. The smallest absolute Gasteiger partial charge is 0.341 e. The van der Waals surface area contributed by atoms with Crippen molar-refractivity contribution in [3.05, 3.63) is 50.9 Å². The molecule has 1 aromatic carbocycles. The van der Waals surface area contributed by atoms with E-state index in [0.717, 1.165) is 35.2 Å². The van der Waals surface area contributed by atoms with Crippen molar-refractivity contribution in [1.29, 1.82) is 0 Å². The molecule has 2 aromatic heterocycles. The van der Waals surface area contributed by atoms with Crippen LogP contribution in [-0.4, -0.2) is 33.4 Å². The minimum absolute atomic E-state index is 0.0429. The fraction of sp³-hybridized carbons (Fsp3) is 0.409. The van der Waals surface area contributed by atoms with Crippen LogP contribution < -0.4 is 5.56 Å². The zero-order valence-corrected chi connectivity index (χ0v) is 18.7. The van der Waals surface area contributed by atoms with E-state index in [1.54, 1.807) is 4.90 Å². The van der Waals surface area contributed by atoms with Gasteiger partial charge in [-0.25, -0.2) is 4.98 Å². The second-order valence-corrected chi connectivity index (χ2v) is 9.33. The predicted molar refractivity (Wildman–Crippen MR) is 114 cm³/mol. The summed E-state index contributed by atoms with van der Waals surface area (Å²) in [4.78, 5) is 32.1. The first-order valence-corrected chi connectivity index (χ1v) is 11.2. The molecule has 0 spiro atoms. The zero-order chi connectivity index (χ0) is 24.8. The fourth-order valence-corrected chi connectivity index (χ4v) is 5.09. The van der Waals surface area contributed by atoms with Gasteiger partial charge < -0.3 is 4.90 Å². The number of halogens is 6. The van der Waals surface area contributed by atoms with Gasteiger partial charge in [-0.05, 0) is 49.9 Å². The van der Waals surface area contributed by atoms with Gasteiger partial charge in [-0.15, -0.1) is 11.3 Å². The summed E-state index contributed by atoms with van der Waals surface area (Å²) in [6, 6.07) is 1.24. The van der Waals surface area contributed by atoms with Crippen LogP contribution in [0.15, 0.2) is 29.3 Å². The lowest BCUT2D eigenvalue weighted by atomic mass is 9.98. The number of carbonyl (C=O) groups excluding carboxylic acids is 1. The third-order valence-electron chi connectivity index (χ3n) is 5.75. The highest BCUT2D eigenvalue weighted by Gasteiger charge is 2.37. The molecule has 0 N–H and O–H groups in total. The molecule has 4 rings (SSSR count). The molecule has 3 aromatic rings. The van der Waals surface area contributed by atoms with Crippen molar-refractivity contribution in [2.75, 3.05) is 13.1 Å². The largest absolute Gasteiger partial charge is 0.416 e. The molecule has 1 fully saturated rings. The van der Waals surface area contributed by atoms with E-state index in [1.807, 2.05) is 0 Å². The van der Waals surface area contributed by atoms with Gasteiger partial charge in [-0.1, -0.05) is 0 Å². The molecule has 0 radical (unpaired) electrons. The number of alkyl halides is 6. The number of amides is 1. The number of aryl methyl sites for hydroxylation is 1. The summed E-state index contributed by atoms with van der Waals surface area (Å²) in [7, 11) is 0. The van der Waals surface area contributed by atoms with Gasteiger partial charge in [0.2, 0.25) is 5.91 Å². The third-order valence-corrected chi connectivity index (χ3v) is 6.76. The molecule has 0 bridgehead atoms. The van der Waals surface area contributed by atoms with Gasteiger partial charge in [-0.3, -0.25) is 14.2 Å². The molecule has 3 heterocycles. The number of likely N-dealkylation sites (tertiary alicyclic amines) is 1. The van der Waals surface area contributed by atoms with Crippen molar-refractivity contribution in [3.63, 3.8) is 0 Å². The number of rotatable bonds is 3. The molecule has 1 amide bonds. The van der Waals surface area contributed by atoms with Crippen LogP contribution in [0.25, 0.3) is 21.3 Å². The van der Waals surface area contributed by atoms with Gasteiger partial charge in [0.05, 0.1) is 22.8 Å². The van der Waals surface area contributed by atoms with Crippen molar-refractivity contribution in [2.24, 2.45) is 0 Å². The monoisotopic (exact) mass is 503 g/mol. The standard InChI is InChI=1S/C22H19F6N3O2S/c1-12-17(13-7-14(21(23,24)25)9-15(8-13)22(26,27)28)18-19(34-12)29-11-31(20(18)33)10-16(32)30-5-3-2-4-6-30/h7-9,11H,2-6,10H2,1H3. The van der Waals surface area contributed by atoms with E-state index in [0.29, 0.717) is 30.1 Å². The molecule has 0 saturated carbocycles. The number of nitrogens with zero attached hydrogens (tertiary/aromatic N) is 3. The summed E-state index contributed by atoms with van der Waals surface area (Å²) >= 11 is 0.988. The van der Waals surface area contributed by atoms with E-state index in [2.05, 4.69) is 4.98 Å². The summed E-state index contributed by atoms with van der Waals surface area (Å²) in [5.74, 6) is -0.296. The van der Waals surface area contributed by atoms with Crippen molar-refractivity contribution in [2.45, 2.75) is 45.1 Å². The number of hydrogen-bond acceptors (Lipinski definition) is 4. The molecule has 34 heavy (non-hydrogen) atoms. The van der Waals surface area contributed by atoms with Gasteiger partial charge in [0.25, 0.3) is 5.56 Å². The Balaban J connectivity index is 1.85. The van der Waals surface area contributed by atoms with E-state index >= 15 is 0 Å². The first-order chi connectivity index (χ1) is 15.9. The van der Waals surface area contributed by atoms with Crippen molar-refractivity contribution < 1.29 is 31.1 Å². The Morgan fingerprint density at radius 1 is 1.00 bits per heavy atom. The number of thiophene rings is 1. The Kier molecular flexibility index (Phi) is 6.21. The number of fused-ring (bicyclic) bond motifs is 1. The molecule has 0 atom stereocenters. The highest BCUT2D eigenvalue weighted by molar-refractivity contribution is 7.19. The minimum atomic E-state index is -5.02. The summed E-state index contributed by atoms with van der Waals surface area (Å²) < 4.78 is 81.3. The Morgan fingerprint density at radius 3 is 2.15 bits per heavy atom. The van der Waals surface area contributed by atoms with Crippen LogP contribution >= 0.6 is 11.3 Å². The van der Waals surface area contributed by atoms with Crippen LogP contribution in [0.2, 0.25) is 0 Å². The van der Waals surface area contributed by atoms with Gasteiger partial charge in [0, 0.05) is 23.5 Å². The van der Waals surface area contributed by atoms with Gasteiger partial charge in [-0.2, -0.15) is 26.3 Å². The number of carbonyl (C=O) groups is 1. The summed E-state index contributed by atoms with van der Waals surface area (Å²) in [6.07, 6.45) is -6.15. The molecular weight excluding hydrogens is 484 g/mol. The summed E-state index contributed by atoms with van der Waals surface area (Å²) in [5.41, 5.74) is -4.07. The minimum Gasteiger partial charge on any atom is -0.341 e. The predicted octanol–water partition coefficient (Wildman–Crippen LogP) is 5.48. The normalized spacial score (nSPS) is 15.2. The van der Waals surface area contributed by atoms with Crippen LogP contribution in [0.5, 0.6) is 0 Å².